The van der Waals surface area contributed by atoms with Gasteiger partial charge in [-0.3, -0.25) is 0 Å². The molecule has 0 saturated heterocycles. The van der Waals surface area contributed by atoms with Crippen LogP contribution in [-0.4, -0.2) is 9.97 Å². The SMILES string of the molecule is Cc1nc(-c2ccc(Br)c(Cl)c2)nc(Cl)c1F. The molecule has 0 radical (unpaired) electrons. The third-order valence-electron chi connectivity index (χ3n) is 2.15. The lowest BCUT2D eigenvalue weighted by Crippen LogP contribution is -1.97. The maximum absolute atomic E-state index is 13.3. The molecule has 88 valence electrons. The van der Waals surface area contributed by atoms with E-state index >= 15 is 0 Å². The molecule has 0 N–H and O–H groups in total. The van der Waals surface area contributed by atoms with Crippen LogP contribution in [0, 0.1) is 12.7 Å². The Morgan fingerprint density at radius 2 is 1.94 bits per heavy atom. The minimum absolute atomic E-state index is 0.188. The van der Waals surface area contributed by atoms with Crippen LogP contribution < -0.4 is 0 Å². The molecule has 0 bridgehead atoms. The molecule has 0 aliphatic carbocycles. The van der Waals surface area contributed by atoms with E-state index in [1.807, 2.05) is 0 Å². The third-order valence-corrected chi connectivity index (χ3v) is 3.64. The smallest absolute Gasteiger partial charge is 0.181 e. The summed E-state index contributed by atoms with van der Waals surface area (Å²) < 4.78 is 14.1. The maximum Gasteiger partial charge on any atom is 0.181 e. The molecule has 0 unspecified atom stereocenters. The fourth-order valence-corrected chi connectivity index (χ4v) is 1.93. The molecule has 0 saturated carbocycles. The van der Waals surface area contributed by atoms with Gasteiger partial charge >= 0.3 is 0 Å². The molecule has 0 amide bonds. The molecule has 0 aliphatic heterocycles. The maximum atomic E-state index is 13.3. The Hall–Kier alpha value is -0.710. The predicted molar refractivity (Wildman–Crippen MR) is 69.9 cm³/mol. The zero-order valence-electron chi connectivity index (χ0n) is 8.64. The van der Waals surface area contributed by atoms with Crippen LogP contribution in [0.4, 0.5) is 4.39 Å². The number of nitrogens with zero attached hydrogens (tertiary/aromatic N) is 2. The average Bonchev–Trinajstić information content (AvgIpc) is 2.29. The van der Waals surface area contributed by atoms with E-state index in [4.69, 9.17) is 23.2 Å². The number of aromatic nitrogens is 2. The van der Waals surface area contributed by atoms with Crippen molar-refractivity contribution in [3.63, 3.8) is 0 Å². The summed E-state index contributed by atoms with van der Waals surface area (Å²) in [5.74, 6) is -0.248. The molecule has 1 aromatic heterocycles. The molecule has 0 spiro atoms. The van der Waals surface area contributed by atoms with Crippen molar-refractivity contribution in [2.75, 3.05) is 0 Å². The fraction of sp³-hybridized carbons (Fsp3) is 0.0909. The highest BCUT2D eigenvalue weighted by Crippen LogP contribution is 2.28. The van der Waals surface area contributed by atoms with E-state index < -0.39 is 5.82 Å². The highest BCUT2D eigenvalue weighted by Gasteiger charge is 2.11. The number of rotatable bonds is 1. The molecule has 2 rings (SSSR count). The van der Waals surface area contributed by atoms with Crippen molar-refractivity contribution in [3.05, 3.63) is 44.4 Å². The second-order valence-electron chi connectivity index (χ2n) is 3.37. The van der Waals surface area contributed by atoms with E-state index in [2.05, 4.69) is 25.9 Å². The first-order valence-electron chi connectivity index (χ1n) is 4.64. The largest absolute Gasteiger partial charge is 0.230 e. The van der Waals surface area contributed by atoms with Gasteiger partial charge in [-0.25, -0.2) is 14.4 Å². The van der Waals surface area contributed by atoms with Gasteiger partial charge in [0.1, 0.15) is 0 Å². The zero-order chi connectivity index (χ0) is 12.6. The molecular weight excluding hydrogens is 330 g/mol. The van der Waals surface area contributed by atoms with Gasteiger partial charge in [-0.2, -0.15) is 0 Å². The van der Waals surface area contributed by atoms with Crippen LogP contribution in [0.3, 0.4) is 0 Å². The van der Waals surface area contributed by atoms with E-state index in [0.717, 1.165) is 4.47 Å². The summed E-state index contributed by atoms with van der Waals surface area (Å²) in [6.45, 7) is 1.53. The molecule has 2 nitrogen and oxygen atoms in total. The molecule has 0 atom stereocenters. The van der Waals surface area contributed by atoms with Crippen molar-refractivity contribution in [3.8, 4) is 11.4 Å². The quantitative estimate of drug-likeness (QED) is 0.708. The van der Waals surface area contributed by atoms with Crippen molar-refractivity contribution >= 4 is 39.1 Å². The number of halogens is 4. The van der Waals surface area contributed by atoms with Crippen LogP contribution in [0.15, 0.2) is 22.7 Å². The van der Waals surface area contributed by atoms with Crippen LogP contribution in [0.1, 0.15) is 5.69 Å². The Bertz CT molecular complexity index is 567. The minimum atomic E-state index is -0.598. The Morgan fingerprint density at radius 1 is 1.24 bits per heavy atom. The second-order valence-corrected chi connectivity index (χ2v) is 4.99. The van der Waals surface area contributed by atoms with Crippen LogP contribution in [0.25, 0.3) is 11.4 Å². The molecule has 2 aromatic rings. The lowest BCUT2D eigenvalue weighted by atomic mass is 10.2. The fourth-order valence-electron chi connectivity index (χ4n) is 1.29. The topological polar surface area (TPSA) is 25.8 Å². The summed E-state index contributed by atoms with van der Waals surface area (Å²) in [4.78, 5) is 7.91. The Balaban J connectivity index is 2.57. The van der Waals surface area contributed by atoms with Crippen molar-refractivity contribution < 1.29 is 4.39 Å². The lowest BCUT2D eigenvalue weighted by molar-refractivity contribution is 0.603. The number of aryl methyl sites for hydroxylation is 1. The van der Waals surface area contributed by atoms with E-state index in [9.17, 15) is 4.39 Å². The summed E-state index contributed by atoms with van der Waals surface area (Å²) in [6, 6.07) is 5.24. The molecule has 1 aromatic carbocycles. The molecule has 0 fully saturated rings. The molecule has 1 heterocycles. The Morgan fingerprint density at radius 3 is 2.53 bits per heavy atom. The van der Waals surface area contributed by atoms with Gasteiger partial charge in [0.25, 0.3) is 0 Å². The summed E-state index contributed by atoms with van der Waals surface area (Å²) in [5.41, 5.74) is 0.891. The van der Waals surface area contributed by atoms with Crippen LogP contribution in [0.2, 0.25) is 10.2 Å². The summed E-state index contributed by atoms with van der Waals surface area (Å²) in [7, 11) is 0. The van der Waals surface area contributed by atoms with Gasteiger partial charge in [-0.05, 0) is 41.1 Å². The van der Waals surface area contributed by atoms with Crippen molar-refractivity contribution in [1.82, 2.24) is 9.97 Å². The van der Waals surface area contributed by atoms with Gasteiger partial charge in [0.05, 0.1) is 10.7 Å². The second kappa shape index (κ2) is 4.88. The van der Waals surface area contributed by atoms with Crippen molar-refractivity contribution in [2.24, 2.45) is 0 Å². The van der Waals surface area contributed by atoms with Gasteiger partial charge in [-0.15, -0.1) is 0 Å². The van der Waals surface area contributed by atoms with E-state index in [0.29, 0.717) is 16.4 Å². The first-order chi connectivity index (χ1) is 7.99. The first kappa shape index (κ1) is 12.7. The standard InChI is InChI=1S/C11H6BrCl2FN2/c1-5-9(15)10(14)17-11(16-5)6-2-3-7(12)8(13)4-6/h2-4H,1H3. The first-order valence-corrected chi connectivity index (χ1v) is 6.19. The van der Waals surface area contributed by atoms with Gasteiger partial charge in [-0.1, -0.05) is 23.2 Å². The molecule has 0 aliphatic rings. The van der Waals surface area contributed by atoms with Gasteiger partial charge in [0.15, 0.2) is 16.8 Å². The normalized spacial score (nSPS) is 10.6. The van der Waals surface area contributed by atoms with Crippen molar-refractivity contribution in [2.45, 2.75) is 6.92 Å². The molecule has 17 heavy (non-hydrogen) atoms. The van der Waals surface area contributed by atoms with Crippen molar-refractivity contribution in [1.29, 1.82) is 0 Å². The van der Waals surface area contributed by atoms with E-state index in [1.54, 1.807) is 18.2 Å². The number of hydrogen-bond donors (Lipinski definition) is 0. The number of benzene rings is 1. The Labute approximate surface area is 116 Å². The monoisotopic (exact) mass is 334 g/mol. The minimum Gasteiger partial charge on any atom is -0.230 e. The zero-order valence-corrected chi connectivity index (χ0v) is 11.7. The third kappa shape index (κ3) is 2.59. The highest BCUT2D eigenvalue weighted by atomic mass is 79.9. The van der Waals surface area contributed by atoms with E-state index in [1.165, 1.54) is 6.92 Å². The molecular formula is C11H6BrCl2FN2. The van der Waals surface area contributed by atoms with Crippen LogP contribution in [-0.2, 0) is 0 Å². The van der Waals surface area contributed by atoms with Gasteiger partial charge < -0.3 is 0 Å². The van der Waals surface area contributed by atoms with E-state index in [-0.39, 0.29) is 10.8 Å². The molecule has 6 heteroatoms. The van der Waals surface area contributed by atoms with Gasteiger partial charge in [0.2, 0.25) is 0 Å². The Kier molecular flexibility index (Phi) is 3.66. The number of hydrogen-bond acceptors (Lipinski definition) is 2. The highest BCUT2D eigenvalue weighted by molar-refractivity contribution is 9.10. The summed E-state index contributed by atoms with van der Waals surface area (Å²) in [5, 5.41) is 0.343. The van der Waals surface area contributed by atoms with Crippen LogP contribution in [0.5, 0.6) is 0 Å². The summed E-state index contributed by atoms with van der Waals surface area (Å²) in [6.07, 6.45) is 0. The predicted octanol–water partition coefficient (Wildman–Crippen LogP) is 4.66. The van der Waals surface area contributed by atoms with Crippen LogP contribution >= 0.6 is 39.1 Å². The lowest BCUT2D eigenvalue weighted by Gasteiger charge is -2.05. The van der Waals surface area contributed by atoms with Gasteiger partial charge in [0, 0.05) is 10.0 Å². The summed E-state index contributed by atoms with van der Waals surface area (Å²) >= 11 is 14.9. The average molecular weight is 336 g/mol.